The largest absolute Gasteiger partial charge is 0.495 e. The minimum absolute atomic E-state index is 0.255. The third kappa shape index (κ3) is 2.36. The molecule has 0 radical (unpaired) electrons. The number of halogens is 1. The van der Waals surface area contributed by atoms with E-state index >= 15 is 0 Å². The van der Waals surface area contributed by atoms with Gasteiger partial charge in [-0.15, -0.1) is 11.3 Å². The van der Waals surface area contributed by atoms with Gasteiger partial charge in [-0.05, 0) is 28.1 Å². The second-order valence-corrected chi connectivity index (χ2v) is 5.30. The lowest BCUT2D eigenvalue weighted by molar-refractivity contribution is 0.385. The molecular weight excluding hydrogens is 316 g/mol. The van der Waals surface area contributed by atoms with Crippen molar-refractivity contribution in [2.75, 3.05) is 14.2 Å². The van der Waals surface area contributed by atoms with Crippen molar-refractivity contribution in [3.63, 3.8) is 0 Å². The maximum atomic E-state index is 6.23. The number of nitrogens with zero attached hydrogens (tertiary/aromatic N) is 1. The number of thiazole rings is 1. The van der Waals surface area contributed by atoms with Gasteiger partial charge < -0.3 is 15.2 Å². The summed E-state index contributed by atoms with van der Waals surface area (Å²) < 4.78 is 11.4. The van der Waals surface area contributed by atoms with Crippen LogP contribution in [-0.4, -0.2) is 19.2 Å². The van der Waals surface area contributed by atoms with E-state index in [2.05, 4.69) is 20.9 Å². The minimum atomic E-state index is -0.255. The number of hydrogen-bond acceptors (Lipinski definition) is 5. The fourth-order valence-electron chi connectivity index (χ4n) is 1.70. The molecule has 96 valence electrons. The van der Waals surface area contributed by atoms with Gasteiger partial charge in [0.1, 0.15) is 16.0 Å². The van der Waals surface area contributed by atoms with Crippen molar-refractivity contribution in [3.05, 3.63) is 38.8 Å². The highest BCUT2D eigenvalue weighted by molar-refractivity contribution is 9.10. The van der Waals surface area contributed by atoms with Gasteiger partial charge in [0.25, 0.3) is 0 Å². The topological polar surface area (TPSA) is 57.4 Å². The summed E-state index contributed by atoms with van der Waals surface area (Å²) in [4.78, 5) is 5.03. The van der Waals surface area contributed by atoms with Crippen LogP contribution in [0.3, 0.4) is 0 Å². The Hall–Kier alpha value is -1.11. The van der Waals surface area contributed by atoms with Crippen LogP contribution >= 0.6 is 27.3 Å². The quantitative estimate of drug-likeness (QED) is 0.937. The zero-order chi connectivity index (χ0) is 13.1. The molecule has 0 spiro atoms. The van der Waals surface area contributed by atoms with Crippen LogP contribution in [0, 0.1) is 0 Å². The molecule has 0 bridgehead atoms. The lowest BCUT2D eigenvalue weighted by Crippen LogP contribution is -2.12. The fraction of sp³-hybridized carbons (Fsp3) is 0.250. The first-order chi connectivity index (χ1) is 8.69. The summed E-state index contributed by atoms with van der Waals surface area (Å²) in [6, 6.07) is 3.52. The molecule has 1 heterocycles. The van der Waals surface area contributed by atoms with Gasteiger partial charge in [-0.3, -0.25) is 4.98 Å². The third-order valence-electron chi connectivity index (χ3n) is 2.61. The number of ether oxygens (including phenoxy) is 2. The van der Waals surface area contributed by atoms with Crippen molar-refractivity contribution >= 4 is 27.3 Å². The van der Waals surface area contributed by atoms with Crippen LogP contribution in [-0.2, 0) is 0 Å². The molecule has 2 rings (SSSR count). The van der Waals surface area contributed by atoms with Gasteiger partial charge in [0.2, 0.25) is 0 Å². The predicted molar refractivity (Wildman–Crippen MR) is 75.4 cm³/mol. The number of hydrogen-bond donors (Lipinski definition) is 1. The van der Waals surface area contributed by atoms with Gasteiger partial charge in [-0.25, -0.2) is 0 Å². The fourth-order valence-corrected chi connectivity index (χ4v) is 3.02. The van der Waals surface area contributed by atoms with Gasteiger partial charge in [0, 0.05) is 16.6 Å². The molecule has 0 fully saturated rings. The molecule has 1 aromatic heterocycles. The summed E-state index contributed by atoms with van der Waals surface area (Å²) in [5.41, 5.74) is 8.89. The van der Waals surface area contributed by atoms with E-state index in [0.717, 1.165) is 14.9 Å². The van der Waals surface area contributed by atoms with E-state index in [9.17, 15) is 0 Å². The van der Waals surface area contributed by atoms with Gasteiger partial charge in [0.15, 0.2) is 0 Å². The standard InChI is InChI=1S/C12H13BrN2O2S/c1-16-8-4-3-7(12(17-2)10(8)13)11(14)9-5-15-6-18-9/h3-6,11H,14H2,1-2H3. The molecule has 1 unspecified atom stereocenters. The minimum Gasteiger partial charge on any atom is -0.495 e. The summed E-state index contributed by atoms with van der Waals surface area (Å²) in [5.74, 6) is 1.40. The van der Waals surface area contributed by atoms with Gasteiger partial charge in [-0.2, -0.15) is 0 Å². The zero-order valence-corrected chi connectivity index (χ0v) is 12.4. The Morgan fingerprint density at radius 3 is 2.67 bits per heavy atom. The highest BCUT2D eigenvalue weighted by atomic mass is 79.9. The van der Waals surface area contributed by atoms with Crippen molar-refractivity contribution in [1.29, 1.82) is 0 Å². The van der Waals surface area contributed by atoms with Gasteiger partial charge in [-0.1, -0.05) is 0 Å². The van der Waals surface area contributed by atoms with E-state index in [0.29, 0.717) is 11.5 Å². The van der Waals surface area contributed by atoms with Crippen LogP contribution in [0.4, 0.5) is 0 Å². The first kappa shape index (κ1) is 13.3. The number of methoxy groups -OCH3 is 2. The molecule has 18 heavy (non-hydrogen) atoms. The number of aromatic nitrogens is 1. The normalized spacial score (nSPS) is 12.2. The highest BCUT2D eigenvalue weighted by Gasteiger charge is 2.19. The Morgan fingerprint density at radius 1 is 1.33 bits per heavy atom. The second kappa shape index (κ2) is 5.69. The molecule has 6 heteroatoms. The molecule has 1 aromatic carbocycles. The maximum Gasteiger partial charge on any atom is 0.141 e. The van der Waals surface area contributed by atoms with Gasteiger partial charge >= 0.3 is 0 Å². The summed E-state index contributed by atoms with van der Waals surface area (Å²) >= 11 is 4.99. The first-order valence-electron chi connectivity index (χ1n) is 5.23. The van der Waals surface area contributed by atoms with E-state index in [4.69, 9.17) is 15.2 Å². The van der Waals surface area contributed by atoms with Crippen LogP contribution in [0.25, 0.3) is 0 Å². The Bertz CT molecular complexity index is 531. The monoisotopic (exact) mass is 328 g/mol. The SMILES string of the molecule is COc1ccc(C(N)c2cncs2)c(OC)c1Br. The molecule has 0 aliphatic carbocycles. The summed E-state index contributed by atoms with van der Waals surface area (Å²) in [6.07, 6.45) is 1.77. The lowest BCUT2D eigenvalue weighted by Gasteiger charge is -2.17. The van der Waals surface area contributed by atoms with Crippen LogP contribution in [0.1, 0.15) is 16.5 Å². The van der Waals surface area contributed by atoms with Crippen LogP contribution in [0.15, 0.2) is 28.3 Å². The van der Waals surface area contributed by atoms with Crippen molar-refractivity contribution in [2.24, 2.45) is 5.73 Å². The van der Waals surface area contributed by atoms with Crippen molar-refractivity contribution in [1.82, 2.24) is 4.98 Å². The number of benzene rings is 1. The lowest BCUT2D eigenvalue weighted by atomic mass is 10.1. The van der Waals surface area contributed by atoms with E-state index in [1.165, 1.54) is 11.3 Å². The van der Waals surface area contributed by atoms with Crippen LogP contribution in [0.5, 0.6) is 11.5 Å². The Kier molecular flexibility index (Phi) is 4.21. The average molecular weight is 329 g/mol. The molecular formula is C12H13BrN2O2S. The smallest absolute Gasteiger partial charge is 0.141 e. The maximum absolute atomic E-state index is 6.23. The molecule has 0 amide bonds. The van der Waals surface area contributed by atoms with Crippen LogP contribution in [0.2, 0.25) is 0 Å². The van der Waals surface area contributed by atoms with E-state index in [1.54, 1.807) is 25.9 Å². The van der Waals surface area contributed by atoms with Crippen LogP contribution < -0.4 is 15.2 Å². The Labute approximate surface area is 118 Å². The average Bonchev–Trinajstić information content (AvgIpc) is 2.91. The second-order valence-electron chi connectivity index (χ2n) is 3.59. The third-order valence-corrected chi connectivity index (χ3v) is 4.22. The first-order valence-corrected chi connectivity index (χ1v) is 6.90. The molecule has 0 aliphatic rings. The molecule has 0 saturated carbocycles. The van der Waals surface area contributed by atoms with E-state index in [1.807, 2.05) is 12.1 Å². The summed E-state index contributed by atoms with van der Waals surface area (Å²) in [7, 11) is 3.23. The molecule has 2 aromatic rings. The molecule has 2 N–H and O–H groups in total. The zero-order valence-electron chi connectivity index (χ0n) is 10.0. The Morgan fingerprint density at radius 2 is 2.11 bits per heavy atom. The van der Waals surface area contributed by atoms with E-state index < -0.39 is 0 Å². The Balaban J connectivity index is 2.48. The highest BCUT2D eigenvalue weighted by Crippen LogP contribution is 2.40. The molecule has 0 saturated heterocycles. The number of rotatable bonds is 4. The van der Waals surface area contributed by atoms with E-state index in [-0.39, 0.29) is 6.04 Å². The predicted octanol–water partition coefficient (Wildman–Crippen LogP) is 2.97. The molecule has 1 atom stereocenters. The van der Waals surface area contributed by atoms with Crippen molar-refractivity contribution in [2.45, 2.75) is 6.04 Å². The number of nitrogens with two attached hydrogens (primary N) is 1. The summed E-state index contributed by atoms with van der Waals surface area (Å²) in [5, 5.41) is 0. The molecule has 0 aliphatic heterocycles. The van der Waals surface area contributed by atoms with Crippen molar-refractivity contribution in [3.8, 4) is 11.5 Å². The van der Waals surface area contributed by atoms with Crippen molar-refractivity contribution < 1.29 is 9.47 Å². The van der Waals surface area contributed by atoms with Gasteiger partial charge in [0.05, 0.1) is 25.8 Å². The molecule has 4 nitrogen and oxygen atoms in total. The summed E-state index contributed by atoms with van der Waals surface area (Å²) in [6.45, 7) is 0.